The highest BCUT2D eigenvalue weighted by atomic mass is 32.1. The number of benzene rings is 2. The fourth-order valence-electron chi connectivity index (χ4n) is 2.37. The highest BCUT2D eigenvalue weighted by Crippen LogP contribution is 2.12. The van der Waals surface area contributed by atoms with Crippen molar-refractivity contribution in [3.05, 3.63) is 64.2 Å². The van der Waals surface area contributed by atoms with E-state index in [1.165, 1.54) is 16.4 Å². The highest BCUT2D eigenvalue weighted by Gasteiger charge is 2.06. The molecular weight excluding hydrogens is 310 g/mol. The third-order valence-corrected chi connectivity index (χ3v) is 4.07. The fourth-order valence-corrected chi connectivity index (χ4v) is 2.89. The molecule has 0 spiro atoms. The number of rotatable bonds is 2. The molecule has 0 saturated carbocycles. The van der Waals surface area contributed by atoms with Crippen molar-refractivity contribution < 1.29 is 0 Å². The van der Waals surface area contributed by atoms with Gasteiger partial charge in [-0.05, 0) is 36.8 Å². The van der Waals surface area contributed by atoms with E-state index in [2.05, 4.69) is 18.8 Å². The average Bonchev–Trinajstić information content (AvgIpc) is 3.02. The van der Waals surface area contributed by atoms with E-state index in [1.807, 2.05) is 36.4 Å². The summed E-state index contributed by atoms with van der Waals surface area (Å²) in [5.74, 6) is 0.543. The molecule has 6 nitrogen and oxygen atoms in total. The van der Waals surface area contributed by atoms with Crippen molar-refractivity contribution in [3.63, 3.8) is 0 Å². The second-order valence-electron chi connectivity index (χ2n) is 5.05. The zero-order valence-corrected chi connectivity index (χ0v) is 13.0. The summed E-state index contributed by atoms with van der Waals surface area (Å²) in [5.41, 5.74) is 3.02. The summed E-state index contributed by atoms with van der Waals surface area (Å²) in [4.78, 5) is 16.9. The lowest BCUT2D eigenvalue weighted by atomic mass is 10.2. The second-order valence-corrected chi connectivity index (χ2v) is 5.58. The van der Waals surface area contributed by atoms with E-state index < -0.39 is 0 Å². The molecule has 0 aliphatic rings. The summed E-state index contributed by atoms with van der Waals surface area (Å²) in [7, 11) is 0. The smallest absolute Gasteiger partial charge is 0.267 e. The lowest BCUT2D eigenvalue weighted by molar-refractivity contribution is 0.771. The van der Waals surface area contributed by atoms with Gasteiger partial charge in [0.25, 0.3) is 5.56 Å². The molecule has 0 fully saturated rings. The molecule has 0 radical (unpaired) electrons. The minimum Gasteiger partial charge on any atom is -0.267 e. The van der Waals surface area contributed by atoms with Gasteiger partial charge in [0.2, 0.25) is 0 Å². The Bertz CT molecular complexity index is 1110. The van der Waals surface area contributed by atoms with Crippen molar-refractivity contribution in [3.8, 4) is 0 Å². The zero-order chi connectivity index (χ0) is 15.8. The Morgan fingerprint density at radius 1 is 1.09 bits per heavy atom. The molecule has 0 N–H and O–H groups in total. The normalized spacial score (nSPS) is 11.7. The summed E-state index contributed by atoms with van der Waals surface area (Å²) >= 11 is 1.17. The summed E-state index contributed by atoms with van der Waals surface area (Å²) < 4.78 is 9.67. The largest absolute Gasteiger partial charge is 0.282 e. The van der Waals surface area contributed by atoms with Crippen LogP contribution in [0.5, 0.6) is 0 Å². The molecule has 0 atom stereocenters. The molecule has 4 rings (SSSR count). The molecule has 2 aromatic carbocycles. The van der Waals surface area contributed by atoms with Crippen LogP contribution in [0.1, 0.15) is 11.4 Å². The Morgan fingerprint density at radius 3 is 2.83 bits per heavy atom. The number of hydrogen-bond donors (Lipinski definition) is 0. The minimum atomic E-state index is -0.180. The Hall–Kier alpha value is -2.93. The lowest BCUT2D eigenvalue weighted by Gasteiger charge is -2.04. The molecular formula is C16H11N5OS. The third kappa shape index (κ3) is 2.40. The van der Waals surface area contributed by atoms with Crippen LogP contribution in [0, 0.1) is 6.92 Å². The molecule has 2 aromatic heterocycles. The van der Waals surface area contributed by atoms with Crippen molar-refractivity contribution in [2.24, 2.45) is 5.10 Å². The first-order valence-corrected chi connectivity index (χ1v) is 7.70. The number of aryl methyl sites for hydroxylation is 1. The van der Waals surface area contributed by atoms with Crippen LogP contribution in [0.15, 0.2) is 52.4 Å². The van der Waals surface area contributed by atoms with Crippen LogP contribution in [0.25, 0.3) is 21.9 Å². The predicted octanol–water partition coefficient (Wildman–Crippen LogP) is 2.59. The molecule has 0 amide bonds. The number of fused-ring (bicyclic) bond motifs is 2. The van der Waals surface area contributed by atoms with E-state index in [9.17, 15) is 4.79 Å². The molecule has 0 saturated heterocycles. The summed E-state index contributed by atoms with van der Waals surface area (Å²) in [6.07, 6.45) is 1.63. The molecule has 112 valence electrons. The lowest BCUT2D eigenvalue weighted by Crippen LogP contribution is -2.20. The van der Waals surface area contributed by atoms with Crippen LogP contribution in [-0.4, -0.2) is 24.6 Å². The number of nitrogens with zero attached hydrogens (tertiary/aromatic N) is 5. The van der Waals surface area contributed by atoms with Crippen LogP contribution in [-0.2, 0) is 0 Å². The van der Waals surface area contributed by atoms with Gasteiger partial charge < -0.3 is 0 Å². The third-order valence-electron chi connectivity index (χ3n) is 3.52. The number of para-hydroxylation sites is 1. The maximum atomic E-state index is 12.5. The van der Waals surface area contributed by atoms with Crippen LogP contribution < -0.4 is 5.56 Å². The Kier molecular flexibility index (Phi) is 3.20. The van der Waals surface area contributed by atoms with Crippen LogP contribution in [0.4, 0.5) is 0 Å². The van der Waals surface area contributed by atoms with Gasteiger partial charge in [-0.25, -0.2) is 4.98 Å². The van der Waals surface area contributed by atoms with E-state index in [1.54, 1.807) is 19.2 Å². The molecule has 7 heteroatoms. The Morgan fingerprint density at radius 2 is 1.91 bits per heavy atom. The van der Waals surface area contributed by atoms with Crippen LogP contribution in [0.2, 0.25) is 0 Å². The van der Waals surface area contributed by atoms with Crippen molar-refractivity contribution >= 4 is 39.9 Å². The van der Waals surface area contributed by atoms with Crippen LogP contribution in [0.3, 0.4) is 0 Å². The number of aromatic nitrogens is 4. The summed E-state index contributed by atoms with van der Waals surface area (Å²) in [6, 6.07) is 12.9. The minimum absolute atomic E-state index is 0.180. The van der Waals surface area contributed by atoms with Gasteiger partial charge in [-0.2, -0.15) is 18.5 Å². The Labute approximate surface area is 135 Å². The predicted molar refractivity (Wildman–Crippen MR) is 91.1 cm³/mol. The van der Waals surface area contributed by atoms with E-state index in [4.69, 9.17) is 0 Å². The van der Waals surface area contributed by atoms with Crippen molar-refractivity contribution in [2.75, 3.05) is 0 Å². The van der Waals surface area contributed by atoms with Crippen molar-refractivity contribution in [1.29, 1.82) is 0 Å². The second kappa shape index (κ2) is 5.36. The first kappa shape index (κ1) is 13.7. The van der Waals surface area contributed by atoms with Gasteiger partial charge in [0, 0.05) is 0 Å². The van der Waals surface area contributed by atoms with Gasteiger partial charge in [0.1, 0.15) is 16.9 Å². The summed E-state index contributed by atoms with van der Waals surface area (Å²) in [5, 5.41) is 4.84. The van der Waals surface area contributed by atoms with Gasteiger partial charge in [-0.15, -0.1) is 0 Å². The topological polar surface area (TPSA) is 73.0 Å². The first-order valence-electron chi connectivity index (χ1n) is 6.97. The fraction of sp³-hybridized carbons (Fsp3) is 0.0625. The van der Waals surface area contributed by atoms with E-state index in [-0.39, 0.29) is 5.56 Å². The SMILES string of the molecule is Cc1nc2ccccc2c(=O)n1/N=C\c1ccc2nsnc2c1. The monoisotopic (exact) mass is 321 g/mol. The number of hydrogen-bond acceptors (Lipinski definition) is 6. The standard InChI is InChI=1S/C16H11N5OS/c1-10-18-13-5-3-2-4-12(13)16(22)21(10)17-9-11-6-7-14-15(8-11)20-23-19-14/h2-9H,1H3/b17-9-. The van der Waals surface area contributed by atoms with E-state index in [0.717, 1.165) is 16.6 Å². The van der Waals surface area contributed by atoms with E-state index in [0.29, 0.717) is 16.7 Å². The maximum Gasteiger partial charge on any atom is 0.282 e. The molecule has 0 aliphatic carbocycles. The van der Waals surface area contributed by atoms with Crippen LogP contribution >= 0.6 is 11.7 Å². The molecule has 23 heavy (non-hydrogen) atoms. The van der Waals surface area contributed by atoms with Crippen molar-refractivity contribution in [1.82, 2.24) is 18.4 Å². The van der Waals surface area contributed by atoms with Gasteiger partial charge in [-0.3, -0.25) is 4.79 Å². The van der Waals surface area contributed by atoms with E-state index >= 15 is 0 Å². The molecule has 0 unspecified atom stereocenters. The molecule has 2 heterocycles. The van der Waals surface area contributed by atoms with Gasteiger partial charge >= 0.3 is 0 Å². The maximum absolute atomic E-state index is 12.5. The highest BCUT2D eigenvalue weighted by molar-refractivity contribution is 7.00. The zero-order valence-electron chi connectivity index (χ0n) is 12.2. The van der Waals surface area contributed by atoms with Gasteiger partial charge in [0.05, 0.1) is 28.8 Å². The Balaban J connectivity index is 1.81. The summed E-state index contributed by atoms with van der Waals surface area (Å²) in [6.45, 7) is 1.76. The quantitative estimate of drug-likeness (QED) is 0.532. The van der Waals surface area contributed by atoms with Gasteiger partial charge in [0.15, 0.2) is 0 Å². The van der Waals surface area contributed by atoms with Gasteiger partial charge in [-0.1, -0.05) is 18.2 Å². The average molecular weight is 321 g/mol. The molecule has 4 aromatic rings. The van der Waals surface area contributed by atoms with Crippen molar-refractivity contribution in [2.45, 2.75) is 6.92 Å². The molecule has 0 bridgehead atoms. The first-order chi connectivity index (χ1) is 11.2. The molecule has 0 aliphatic heterocycles.